The van der Waals surface area contributed by atoms with Crippen LogP contribution in [0.1, 0.15) is 0 Å². The largest absolute Gasteiger partial charge is 0.354 e. The van der Waals surface area contributed by atoms with Crippen molar-refractivity contribution in [2.24, 2.45) is 0 Å². The molecule has 0 aliphatic rings. The molecular formula is C38H22N2S. The number of aromatic amines is 1. The van der Waals surface area contributed by atoms with E-state index in [0.717, 1.165) is 0 Å². The molecule has 0 amide bonds. The van der Waals surface area contributed by atoms with Gasteiger partial charge in [0.05, 0.1) is 16.7 Å². The Labute approximate surface area is 238 Å². The molecule has 41 heavy (non-hydrogen) atoms. The fourth-order valence-electron chi connectivity index (χ4n) is 7.06. The highest BCUT2D eigenvalue weighted by Gasteiger charge is 2.18. The van der Waals surface area contributed by atoms with Crippen molar-refractivity contribution in [1.82, 2.24) is 9.55 Å². The molecule has 3 heterocycles. The molecule has 10 aromatic rings. The lowest BCUT2D eigenvalue weighted by Crippen LogP contribution is -1.95. The van der Waals surface area contributed by atoms with E-state index in [1.807, 2.05) is 11.3 Å². The molecule has 0 saturated heterocycles. The number of para-hydroxylation sites is 2. The van der Waals surface area contributed by atoms with Crippen LogP contribution in [0, 0.1) is 0 Å². The lowest BCUT2D eigenvalue weighted by atomic mass is 10.0. The summed E-state index contributed by atoms with van der Waals surface area (Å²) in [7, 11) is 0. The third-order valence-corrected chi connectivity index (χ3v) is 10.0. The van der Waals surface area contributed by atoms with E-state index in [1.165, 1.54) is 91.0 Å². The standard InChI is InChI=1S/C38H22N2S/c1-2-9-23-22(8-1)16-17-27-24(23)12-7-15-35(27)40-34-14-6-4-11-26(34)29-18-30-31-19-33-28(25-10-3-5-13-32(25)39-33)20-37(31)41-38(30)21-36(29)40/h1-21,39H. The first-order valence-electron chi connectivity index (χ1n) is 14.0. The molecule has 190 valence electrons. The SMILES string of the molecule is c1ccc2c(c1)ccc1c(-n3c4ccccc4c4cc5c(cc43)sc3cc4c(cc35)[nH]c3ccccc34)cccc12. The zero-order chi connectivity index (χ0) is 26.7. The van der Waals surface area contributed by atoms with Gasteiger partial charge in [-0.15, -0.1) is 11.3 Å². The monoisotopic (exact) mass is 538 g/mol. The average Bonchev–Trinajstić information content (AvgIpc) is 3.67. The highest BCUT2D eigenvalue weighted by atomic mass is 32.1. The smallest absolute Gasteiger partial charge is 0.0555 e. The minimum Gasteiger partial charge on any atom is -0.354 e. The summed E-state index contributed by atoms with van der Waals surface area (Å²) in [6.07, 6.45) is 0. The number of thiophene rings is 1. The second-order valence-electron chi connectivity index (χ2n) is 11.0. The van der Waals surface area contributed by atoms with E-state index >= 15 is 0 Å². The van der Waals surface area contributed by atoms with E-state index < -0.39 is 0 Å². The number of benzene rings is 7. The number of H-pyrrole nitrogens is 1. The molecule has 0 bridgehead atoms. The topological polar surface area (TPSA) is 20.7 Å². The van der Waals surface area contributed by atoms with Crippen molar-refractivity contribution >= 4 is 96.7 Å². The van der Waals surface area contributed by atoms with E-state index in [9.17, 15) is 0 Å². The van der Waals surface area contributed by atoms with Gasteiger partial charge >= 0.3 is 0 Å². The quantitative estimate of drug-likeness (QED) is 0.201. The lowest BCUT2D eigenvalue weighted by Gasteiger charge is -2.13. The molecule has 1 N–H and O–H groups in total. The van der Waals surface area contributed by atoms with Gasteiger partial charge in [0.1, 0.15) is 0 Å². The van der Waals surface area contributed by atoms with Gasteiger partial charge in [-0.1, -0.05) is 84.9 Å². The summed E-state index contributed by atoms with van der Waals surface area (Å²) < 4.78 is 5.13. The summed E-state index contributed by atoms with van der Waals surface area (Å²) in [6, 6.07) is 47.0. The van der Waals surface area contributed by atoms with Gasteiger partial charge in [0, 0.05) is 58.1 Å². The molecule has 0 fully saturated rings. The fourth-order valence-corrected chi connectivity index (χ4v) is 8.20. The molecule has 0 saturated carbocycles. The van der Waals surface area contributed by atoms with E-state index in [1.54, 1.807) is 0 Å². The van der Waals surface area contributed by atoms with E-state index in [-0.39, 0.29) is 0 Å². The zero-order valence-corrected chi connectivity index (χ0v) is 22.8. The summed E-state index contributed by atoms with van der Waals surface area (Å²) in [4.78, 5) is 3.65. The van der Waals surface area contributed by atoms with Crippen LogP contribution in [0.3, 0.4) is 0 Å². The van der Waals surface area contributed by atoms with Gasteiger partial charge in [-0.3, -0.25) is 0 Å². The summed E-state index contributed by atoms with van der Waals surface area (Å²) >= 11 is 1.90. The van der Waals surface area contributed by atoms with Gasteiger partial charge in [0.2, 0.25) is 0 Å². The minimum atomic E-state index is 1.19. The van der Waals surface area contributed by atoms with E-state index in [0.29, 0.717) is 0 Å². The summed E-state index contributed by atoms with van der Waals surface area (Å²) in [5, 5.41) is 12.9. The Hall–Kier alpha value is -5.12. The Balaban J connectivity index is 1.32. The van der Waals surface area contributed by atoms with Crippen LogP contribution in [-0.4, -0.2) is 9.55 Å². The molecule has 0 aliphatic carbocycles. The van der Waals surface area contributed by atoms with Crippen molar-refractivity contribution in [3.63, 3.8) is 0 Å². The molecule has 3 aromatic heterocycles. The maximum Gasteiger partial charge on any atom is 0.0555 e. The van der Waals surface area contributed by atoms with Crippen LogP contribution in [-0.2, 0) is 0 Å². The van der Waals surface area contributed by atoms with Gasteiger partial charge in [-0.2, -0.15) is 0 Å². The predicted molar refractivity (Wildman–Crippen MR) is 178 cm³/mol. The minimum absolute atomic E-state index is 1.19. The molecule has 2 nitrogen and oxygen atoms in total. The van der Waals surface area contributed by atoms with Crippen LogP contribution in [0.2, 0.25) is 0 Å². The molecule has 0 atom stereocenters. The predicted octanol–water partition coefficient (Wildman–Crippen LogP) is 11.1. The van der Waals surface area contributed by atoms with Crippen LogP contribution in [0.15, 0.2) is 127 Å². The Morgan fingerprint density at radius 2 is 1.17 bits per heavy atom. The van der Waals surface area contributed by atoms with Gasteiger partial charge in [-0.05, 0) is 58.6 Å². The van der Waals surface area contributed by atoms with E-state index in [4.69, 9.17) is 0 Å². The number of fused-ring (bicyclic) bond motifs is 12. The highest BCUT2D eigenvalue weighted by molar-refractivity contribution is 7.26. The third-order valence-electron chi connectivity index (χ3n) is 8.89. The number of hydrogen-bond donors (Lipinski definition) is 1. The lowest BCUT2D eigenvalue weighted by molar-refractivity contribution is 1.20. The molecule has 7 aromatic carbocycles. The van der Waals surface area contributed by atoms with Crippen LogP contribution in [0.5, 0.6) is 0 Å². The first-order chi connectivity index (χ1) is 20.3. The molecule has 0 aliphatic heterocycles. The van der Waals surface area contributed by atoms with E-state index in [2.05, 4.69) is 137 Å². The summed E-state index contributed by atoms with van der Waals surface area (Å²) in [6.45, 7) is 0. The van der Waals surface area contributed by atoms with Crippen molar-refractivity contribution in [1.29, 1.82) is 0 Å². The summed E-state index contributed by atoms with van der Waals surface area (Å²) in [5.74, 6) is 0. The molecule has 10 rings (SSSR count). The van der Waals surface area contributed by atoms with Crippen LogP contribution in [0.25, 0.3) is 91.0 Å². The van der Waals surface area contributed by atoms with Gasteiger partial charge in [0.25, 0.3) is 0 Å². The maximum atomic E-state index is 3.65. The first kappa shape index (κ1) is 21.7. The zero-order valence-electron chi connectivity index (χ0n) is 22.0. The Morgan fingerprint density at radius 3 is 2.12 bits per heavy atom. The average molecular weight is 539 g/mol. The van der Waals surface area contributed by atoms with Crippen LogP contribution >= 0.6 is 11.3 Å². The molecule has 3 heteroatoms. The van der Waals surface area contributed by atoms with Gasteiger partial charge in [0.15, 0.2) is 0 Å². The number of nitrogens with one attached hydrogen (secondary N) is 1. The van der Waals surface area contributed by atoms with Crippen molar-refractivity contribution in [3.8, 4) is 5.69 Å². The Morgan fingerprint density at radius 1 is 0.415 bits per heavy atom. The fraction of sp³-hybridized carbons (Fsp3) is 0. The van der Waals surface area contributed by atoms with Crippen molar-refractivity contribution in [2.75, 3.05) is 0 Å². The number of rotatable bonds is 1. The van der Waals surface area contributed by atoms with Crippen molar-refractivity contribution in [3.05, 3.63) is 127 Å². The Kier molecular flexibility index (Phi) is 4.10. The number of aromatic nitrogens is 2. The van der Waals surface area contributed by atoms with Crippen LogP contribution < -0.4 is 0 Å². The summed E-state index contributed by atoms with van der Waals surface area (Å²) in [5.41, 5.74) is 6.10. The van der Waals surface area contributed by atoms with Crippen molar-refractivity contribution < 1.29 is 0 Å². The first-order valence-corrected chi connectivity index (χ1v) is 14.8. The van der Waals surface area contributed by atoms with Crippen LogP contribution in [0.4, 0.5) is 0 Å². The van der Waals surface area contributed by atoms with Crippen molar-refractivity contribution in [2.45, 2.75) is 0 Å². The molecule has 0 spiro atoms. The second kappa shape index (κ2) is 7.75. The maximum absolute atomic E-state index is 3.65. The highest BCUT2D eigenvalue weighted by Crippen LogP contribution is 2.43. The number of nitrogens with zero attached hydrogens (tertiary/aromatic N) is 1. The molecular weight excluding hydrogens is 516 g/mol. The molecule has 0 radical (unpaired) electrons. The second-order valence-corrected chi connectivity index (χ2v) is 12.1. The number of hydrogen-bond acceptors (Lipinski definition) is 1. The third kappa shape index (κ3) is 2.86. The molecule has 0 unspecified atom stereocenters. The Bertz CT molecular complexity index is 2700. The van der Waals surface area contributed by atoms with Gasteiger partial charge in [-0.25, -0.2) is 0 Å². The normalized spacial score (nSPS) is 12.4. The van der Waals surface area contributed by atoms with Gasteiger partial charge < -0.3 is 9.55 Å².